The fourth-order valence-electron chi connectivity index (χ4n) is 2.45. The number of para-hydroxylation sites is 1. The van der Waals surface area contributed by atoms with Crippen LogP contribution in [0, 0.1) is 13.8 Å². The van der Waals surface area contributed by atoms with Crippen molar-refractivity contribution in [1.82, 2.24) is 4.98 Å². The van der Waals surface area contributed by atoms with Crippen LogP contribution in [0.4, 0.5) is 27.7 Å². The minimum atomic E-state index is -0.325. The molecule has 0 spiro atoms. The molecular formula is C20H20N4O. The van der Waals surface area contributed by atoms with Gasteiger partial charge < -0.3 is 10.6 Å². The molecule has 2 amide bonds. The molecule has 0 unspecified atom stereocenters. The van der Waals surface area contributed by atoms with Gasteiger partial charge in [0.25, 0.3) is 0 Å². The van der Waals surface area contributed by atoms with Crippen LogP contribution in [0.1, 0.15) is 11.1 Å². The Kier molecular flexibility index (Phi) is 4.95. The molecule has 0 atom stereocenters. The van der Waals surface area contributed by atoms with Crippen LogP contribution in [-0.2, 0) is 0 Å². The van der Waals surface area contributed by atoms with Gasteiger partial charge in [-0.3, -0.25) is 5.32 Å². The Morgan fingerprint density at radius 3 is 2.36 bits per heavy atom. The van der Waals surface area contributed by atoms with E-state index >= 15 is 0 Å². The minimum absolute atomic E-state index is 0.325. The summed E-state index contributed by atoms with van der Waals surface area (Å²) >= 11 is 0. The molecule has 0 saturated heterocycles. The third kappa shape index (κ3) is 4.57. The van der Waals surface area contributed by atoms with Gasteiger partial charge >= 0.3 is 6.03 Å². The van der Waals surface area contributed by atoms with Crippen LogP contribution in [0.15, 0.2) is 66.9 Å². The van der Waals surface area contributed by atoms with Gasteiger partial charge in [-0.15, -0.1) is 0 Å². The normalized spacial score (nSPS) is 10.2. The number of hydrogen-bond acceptors (Lipinski definition) is 3. The van der Waals surface area contributed by atoms with Crippen LogP contribution in [-0.4, -0.2) is 11.0 Å². The summed E-state index contributed by atoms with van der Waals surface area (Å²) in [7, 11) is 0. The van der Waals surface area contributed by atoms with E-state index in [4.69, 9.17) is 0 Å². The van der Waals surface area contributed by atoms with Crippen LogP contribution in [0.25, 0.3) is 0 Å². The number of urea groups is 1. The molecule has 3 aromatic rings. The molecule has 0 saturated carbocycles. The van der Waals surface area contributed by atoms with Crippen LogP contribution in [0.3, 0.4) is 0 Å². The van der Waals surface area contributed by atoms with Gasteiger partial charge in [0, 0.05) is 11.4 Å². The summed E-state index contributed by atoms with van der Waals surface area (Å²) in [6.07, 6.45) is 1.69. The first-order valence-corrected chi connectivity index (χ1v) is 8.03. The second kappa shape index (κ2) is 7.49. The summed E-state index contributed by atoms with van der Waals surface area (Å²) in [5.74, 6) is 0.486. The maximum atomic E-state index is 12.0. The van der Waals surface area contributed by atoms with E-state index in [1.165, 1.54) is 11.1 Å². The van der Waals surface area contributed by atoms with Crippen molar-refractivity contribution in [3.05, 3.63) is 78.0 Å². The molecule has 0 aliphatic heterocycles. The highest BCUT2D eigenvalue weighted by atomic mass is 16.2. The number of hydrogen-bond donors (Lipinski definition) is 3. The molecule has 1 heterocycles. The third-order valence-electron chi connectivity index (χ3n) is 3.70. The number of nitrogens with one attached hydrogen (secondary N) is 3. The van der Waals surface area contributed by atoms with Crippen LogP contribution >= 0.6 is 0 Å². The summed E-state index contributed by atoms with van der Waals surface area (Å²) in [5, 5.41) is 8.79. The van der Waals surface area contributed by atoms with Crippen molar-refractivity contribution in [3.63, 3.8) is 0 Å². The van der Waals surface area contributed by atoms with E-state index < -0.39 is 0 Å². The number of pyridine rings is 1. The van der Waals surface area contributed by atoms with Crippen molar-refractivity contribution in [3.8, 4) is 0 Å². The summed E-state index contributed by atoms with van der Waals surface area (Å²) in [6.45, 7) is 4.13. The Bertz CT molecular complexity index is 861. The largest absolute Gasteiger partial charge is 0.354 e. The van der Waals surface area contributed by atoms with Crippen LogP contribution in [0.2, 0.25) is 0 Å². The minimum Gasteiger partial charge on any atom is -0.354 e. The molecule has 2 aromatic carbocycles. The molecule has 0 aliphatic rings. The van der Waals surface area contributed by atoms with Gasteiger partial charge in [0.2, 0.25) is 0 Å². The number of carbonyl (C=O) groups is 1. The average Bonchev–Trinajstić information content (AvgIpc) is 2.60. The van der Waals surface area contributed by atoms with Gasteiger partial charge in [-0.2, -0.15) is 0 Å². The number of carbonyl (C=O) groups excluding carboxylic acids is 1. The zero-order valence-electron chi connectivity index (χ0n) is 14.2. The number of amides is 2. The molecule has 3 N–H and O–H groups in total. The molecule has 0 bridgehead atoms. The van der Waals surface area contributed by atoms with Gasteiger partial charge in [-0.1, -0.05) is 35.9 Å². The summed E-state index contributed by atoms with van der Waals surface area (Å²) in [6, 6.07) is 18.8. The summed E-state index contributed by atoms with van der Waals surface area (Å²) in [4.78, 5) is 16.2. The first-order valence-electron chi connectivity index (χ1n) is 8.03. The number of anilines is 4. The molecule has 0 radical (unpaired) electrons. The first kappa shape index (κ1) is 16.5. The predicted molar refractivity (Wildman–Crippen MR) is 103 cm³/mol. The second-order valence-corrected chi connectivity index (χ2v) is 5.82. The Hall–Kier alpha value is -3.34. The lowest BCUT2D eigenvalue weighted by Crippen LogP contribution is -2.19. The second-order valence-electron chi connectivity index (χ2n) is 5.82. The number of aromatic nitrogens is 1. The van der Waals surface area contributed by atoms with Gasteiger partial charge in [0.1, 0.15) is 5.82 Å². The fourth-order valence-corrected chi connectivity index (χ4v) is 2.45. The molecule has 0 aliphatic carbocycles. The van der Waals surface area contributed by atoms with E-state index in [-0.39, 0.29) is 6.03 Å². The number of nitrogens with zero attached hydrogens (tertiary/aromatic N) is 1. The zero-order valence-corrected chi connectivity index (χ0v) is 14.2. The number of rotatable bonds is 4. The van der Waals surface area contributed by atoms with E-state index in [2.05, 4.69) is 46.9 Å². The lowest BCUT2D eigenvalue weighted by atomic mass is 10.1. The Morgan fingerprint density at radius 2 is 1.68 bits per heavy atom. The van der Waals surface area contributed by atoms with Crippen molar-refractivity contribution >= 4 is 28.9 Å². The smallest absolute Gasteiger partial charge is 0.324 e. The molecule has 25 heavy (non-hydrogen) atoms. The summed E-state index contributed by atoms with van der Waals surface area (Å²) in [5.41, 5.74) is 5.03. The van der Waals surface area contributed by atoms with E-state index in [0.29, 0.717) is 5.82 Å². The quantitative estimate of drug-likeness (QED) is 0.624. The molecule has 126 valence electrons. The molecule has 5 heteroatoms. The summed E-state index contributed by atoms with van der Waals surface area (Å²) < 4.78 is 0. The van der Waals surface area contributed by atoms with Crippen molar-refractivity contribution < 1.29 is 4.79 Å². The first-order chi connectivity index (χ1) is 12.1. The Labute approximate surface area is 147 Å². The van der Waals surface area contributed by atoms with Crippen molar-refractivity contribution in [2.24, 2.45) is 0 Å². The van der Waals surface area contributed by atoms with E-state index in [0.717, 1.165) is 17.1 Å². The Morgan fingerprint density at radius 1 is 0.880 bits per heavy atom. The topological polar surface area (TPSA) is 66.0 Å². The molecular weight excluding hydrogens is 312 g/mol. The number of aryl methyl sites for hydroxylation is 2. The molecule has 0 fully saturated rings. The molecule has 3 rings (SSSR count). The lowest BCUT2D eigenvalue weighted by molar-refractivity contribution is 0.262. The fraction of sp³-hybridized carbons (Fsp3) is 0.100. The highest BCUT2D eigenvalue weighted by Crippen LogP contribution is 2.21. The SMILES string of the molecule is Cc1ccc(Nc2ccc(NC(=O)Nc3ccccc3)nc2)c(C)c1. The van der Waals surface area contributed by atoms with Crippen LogP contribution < -0.4 is 16.0 Å². The van der Waals surface area contributed by atoms with E-state index in [1.807, 2.05) is 42.5 Å². The van der Waals surface area contributed by atoms with Crippen molar-refractivity contribution in [2.45, 2.75) is 13.8 Å². The zero-order chi connectivity index (χ0) is 17.6. The number of benzene rings is 2. The van der Waals surface area contributed by atoms with Gasteiger partial charge in [-0.05, 0) is 49.7 Å². The standard InChI is InChI=1S/C20H20N4O/c1-14-8-10-18(15(2)12-14)22-17-9-11-19(21-13-17)24-20(25)23-16-6-4-3-5-7-16/h3-13,22H,1-2H3,(H2,21,23,24,25). The predicted octanol–water partition coefficient (Wildman–Crippen LogP) is 5.09. The maximum absolute atomic E-state index is 12.0. The van der Waals surface area contributed by atoms with Gasteiger partial charge in [0.15, 0.2) is 0 Å². The molecule has 1 aromatic heterocycles. The van der Waals surface area contributed by atoms with Gasteiger partial charge in [0.05, 0.1) is 11.9 Å². The monoisotopic (exact) mass is 332 g/mol. The van der Waals surface area contributed by atoms with Crippen LogP contribution in [0.5, 0.6) is 0 Å². The van der Waals surface area contributed by atoms with Crippen molar-refractivity contribution in [1.29, 1.82) is 0 Å². The van der Waals surface area contributed by atoms with E-state index in [9.17, 15) is 4.79 Å². The lowest BCUT2D eigenvalue weighted by Gasteiger charge is -2.11. The van der Waals surface area contributed by atoms with Crippen molar-refractivity contribution in [2.75, 3.05) is 16.0 Å². The molecule has 5 nitrogen and oxygen atoms in total. The Balaban J connectivity index is 1.61. The van der Waals surface area contributed by atoms with E-state index in [1.54, 1.807) is 12.3 Å². The highest BCUT2D eigenvalue weighted by molar-refractivity contribution is 5.99. The third-order valence-corrected chi connectivity index (χ3v) is 3.70. The average molecular weight is 332 g/mol. The van der Waals surface area contributed by atoms with Gasteiger partial charge in [-0.25, -0.2) is 9.78 Å². The maximum Gasteiger partial charge on any atom is 0.324 e. The highest BCUT2D eigenvalue weighted by Gasteiger charge is 2.04.